The first-order chi connectivity index (χ1) is 13.5. The summed E-state index contributed by atoms with van der Waals surface area (Å²) in [4.78, 5) is 32.2. The number of pyridine rings is 1. The summed E-state index contributed by atoms with van der Waals surface area (Å²) in [5, 5.41) is 2.91. The van der Waals surface area contributed by atoms with Crippen LogP contribution in [-0.4, -0.2) is 34.5 Å². The van der Waals surface area contributed by atoms with Crippen LogP contribution in [0.15, 0.2) is 24.4 Å². The highest BCUT2D eigenvalue weighted by Gasteiger charge is 2.39. The lowest BCUT2D eigenvalue weighted by Gasteiger charge is -2.24. The lowest BCUT2D eigenvalue weighted by Crippen LogP contribution is -2.35. The van der Waals surface area contributed by atoms with E-state index in [9.17, 15) is 9.59 Å². The van der Waals surface area contributed by atoms with Gasteiger partial charge in [-0.3, -0.25) is 9.59 Å². The van der Waals surface area contributed by atoms with E-state index in [1.165, 1.54) is 12.8 Å². The molecule has 3 aliphatic rings. The van der Waals surface area contributed by atoms with Crippen molar-refractivity contribution in [3.8, 4) is 11.6 Å². The number of nitrogens with one attached hydrogen (secondary N) is 1. The second-order valence-corrected chi connectivity index (χ2v) is 7.66. The number of aromatic nitrogens is 1. The van der Waals surface area contributed by atoms with Crippen molar-refractivity contribution in [1.82, 2.24) is 9.88 Å². The monoisotopic (exact) mass is 379 g/mol. The van der Waals surface area contributed by atoms with Gasteiger partial charge in [0.05, 0.1) is 16.8 Å². The second-order valence-electron chi connectivity index (χ2n) is 7.66. The zero-order valence-corrected chi connectivity index (χ0v) is 15.8. The first-order valence-electron chi connectivity index (χ1n) is 9.54. The number of ether oxygens (including phenoxy) is 2. The number of carbonyl (C=O) groups is 2. The lowest BCUT2D eigenvalue weighted by molar-refractivity contribution is 0.0698. The van der Waals surface area contributed by atoms with E-state index in [2.05, 4.69) is 17.2 Å². The Morgan fingerprint density at radius 3 is 2.93 bits per heavy atom. The molecule has 2 aromatic rings. The highest BCUT2D eigenvalue weighted by molar-refractivity contribution is 6.12. The molecule has 1 aliphatic carbocycles. The van der Waals surface area contributed by atoms with Crippen molar-refractivity contribution < 1.29 is 19.1 Å². The summed E-state index contributed by atoms with van der Waals surface area (Å²) >= 11 is 0. The van der Waals surface area contributed by atoms with Crippen LogP contribution in [-0.2, 0) is 6.54 Å². The number of carbonyl (C=O) groups excluding carboxylic acids is 2. The van der Waals surface area contributed by atoms with Gasteiger partial charge in [0, 0.05) is 18.8 Å². The standard InChI is InChI=1S/C21H21N3O4/c1-11-8-22-20-18(27-10-28-20)16(11)19(25)23-15-5-3-4-14-9-24(21(26)17(14)15)12(2)13-6-7-13/h3-5,8,12-13H,6-7,9-10H2,1-2H3,(H,23,25). The van der Waals surface area contributed by atoms with E-state index in [0.29, 0.717) is 46.5 Å². The summed E-state index contributed by atoms with van der Waals surface area (Å²) in [6, 6.07) is 5.82. The Hall–Kier alpha value is -3.09. The minimum absolute atomic E-state index is 0.0124. The van der Waals surface area contributed by atoms with Crippen molar-refractivity contribution in [1.29, 1.82) is 0 Å². The van der Waals surface area contributed by atoms with Crippen LogP contribution in [0.4, 0.5) is 5.69 Å². The number of benzene rings is 1. The van der Waals surface area contributed by atoms with Crippen LogP contribution in [0.25, 0.3) is 0 Å². The van der Waals surface area contributed by atoms with Crippen LogP contribution in [0.5, 0.6) is 11.6 Å². The van der Waals surface area contributed by atoms with Gasteiger partial charge in [-0.1, -0.05) is 12.1 Å². The fourth-order valence-electron chi connectivity index (χ4n) is 4.06. The molecule has 0 radical (unpaired) electrons. The Morgan fingerprint density at radius 1 is 1.32 bits per heavy atom. The van der Waals surface area contributed by atoms with Gasteiger partial charge in [0.15, 0.2) is 5.75 Å². The molecule has 2 amide bonds. The molecule has 0 saturated heterocycles. The van der Waals surface area contributed by atoms with Crippen molar-refractivity contribution in [3.05, 3.63) is 46.6 Å². The Kier molecular flexibility index (Phi) is 3.79. The summed E-state index contributed by atoms with van der Waals surface area (Å²) in [6.45, 7) is 4.54. The van der Waals surface area contributed by atoms with Gasteiger partial charge in [0.25, 0.3) is 17.7 Å². The number of anilines is 1. The summed E-state index contributed by atoms with van der Waals surface area (Å²) in [6.07, 6.45) is 3.95. The van der Waals surface area contributed by atoms with E-state index < -0.39 is 0 Å². The van der Waals surface area contributed by atoms with Crippen LogP contribution >= 0.6 is 0 Å². The van der Waals surface area contributed by atoms with Crippen LogP contribution < -0.4 is 14.8 Å². The first-order valence-corrected chi connectivity index (χ1v) is 9.54. The summed E-state index contributed by atoms with van der Waals surface area (Å²) < 4.78 is 10.7. The predicted octanol–water partition coefficient (Wildman–Crippen LogP) is 3.13. The van der Waals surface area contributed by atoms with Gasteiger partial charge in [-0.25, -0.2) is 4.98 Å². The number of nitrogens with zero attached hydrogens (tertiary/aromatic N) is 2. The lowest BCUT2D eigenvalue weighted by atomic mass is 10.1. The third kappa shape index (κ3) is 2.61. The maximum Gasteiger partial charge on any atom is 0.260 e. The Balaban J connectivity index is 1.46. The van der Waals surface area contributed by atoms with Crippen molar-refractivity contribution in [2.45, 2.75) is 39.3 Å². The van der Waals surface area contributed by atoms with E-state index in [1.807, 2.05) is 17.0 Å². The van der Waals surface area contributed by atoms with Gasteiger partial charge in [0.2, 0.25) is 6.79 Å². The summed E-state index contributed by atoms with van der Waals surface area (Å²) in [7, 11) is 0. The van der Waals surface area contributed by atoms with E-state index in [4.69, 9.17) is 9.47 Å². The highest BCUT2D eigenvalue weighted by Crippen LogP contribution is 2.40. The quantitative estimate of drug-likeness (QED) is 0.883. The molecule has 1 saturated carbocycles. The number of hydrogen-bond donors (Lipinski definition) is 1. The molecule has 28 heavy (non-hydrogen) atoms. The average molecular weight is 379 g/mol. The average Bonchev–Trinajstić information content (AvgIpc) is 3.33. The third-order valence-corrected chi connectivity index (χ3v) is 5.83. The molecule has 1 aromatic heterocycles. The maximum absolute atomic E-state index is 13.1. The molecule has 0 spiro atoms. The van der Waals surface area contributed by atoms with E-state index in [1.54, 1.807) is 19.2 Å². The zero-order chi connectivity index (χ0) is 19.4. The van der Waals surface area contributed by atoms with Gasteiger partial charge in [-0.2, -0.15) is 0 Å². The molecule has 1 unspecified atom stereocenters. The summed E-state index contributed by atoms with van der Waals surface area (Å²) in [5.41, 5.74) is 3.13. The minimum atomic E-state index is -0.337. The molecular formula is C21H21N3O4. The first kappa shape index (κ1) is 17.0. The molecule has 0 bridgehead atoms. The molecular weight excluding hydrogens is 358 g/mol. The van der Waals surface area contributed by atoms with Gasteiger partial charge in [-0.05, 0) is 49.8 Å². The van der Waals surface area contributed by atoms with E-state index in [0.717, 1.165) is 5.56 Å². The third-order valence-electron chi connectivity index (χ3n) is 5.83. The smallest absolute Gasteiger partial charge is 0.260 e. The molecule has 1 atom stereocenters. The minimum Gasteiger partial charge on any atom is -0.451 e. The Morgan fingerprint density at radius 2 is 2.14 bits per heavy atom. The van der Waals surface area contributed by atoms with E-state index >= 15 is 0 Å². The van der Waals surface area contributed by atoms with Crippen molar-refractivity contribution in [3.63, 3.8) is 0 Å². The van der Waals surface area contributed by atoms with Crippen molar-refractivity contribution in [2.24, 2.45) is 5.92 Å². The zero-order valence-electron chi connectivity index (χ0n) is 15.8. The molecule has 7 nitrogen and oxygen atoms in total. The molecule has 7 heteroatoms. The predicted molar refractivity (Wildman–Crippen MR) is 102 cm³/mol. The van der Waals surface area contributed by atoms with Gasteiger partial charge in [0.1, 0.15) is 0 Å². The Labute approximate surface area is 162 Å². The van der Waals surface area contributed by atoms with Crippen molar-refractivity contribution in [2.75, 3.05) is 12.1 Å². The highest BCUT2D eigenvalue weighted by atomic mass is 16.7. The van der Waals surface area contributed by atoms with E-state index in [-0.39, 0.29) is 24.6 Å². The fourth-order valence-corrected chi connectivity index (χ4v) is 4.06. The Bertz CT molecular complexity index is 999. The SMILES string of the molecule is Cc1cnc2c(c1C(=O)Nc1cccc3c1C(=O)N(C(C)C1CC1)C3)OCO2. The number of aryl methyl sites for hydroxylation is 1. The van der Waals surface area contributed by atoms with Gasteiger partial charge in [-0.15, -0.1) is 0 Å². The largest absolute Gasteiger partial charge is 0.451 e. The normalized spacial score (nSPS) is 18.2. The van der Waals surface area contributed by atoms with Crippen LogP contribution in [0.1, 0.15) is 51.6 Å². The molecule has 1 fully saturated rings. The summed E-state index contributed by atoms with van der Waals surface area (Å²) in [5.74, 6) is 0.906. The molecule has 2 aliphatic heterocycles. The maximum atomic E-state index is 13.1. The van der Waals surface area contributed by atoms with Crippen molar-refractivity contribution >= 4 is 17.5 Å². The molecule has 3 heterocycles. The van der Waals surface area contributed by atoms with Crippen LogP contribution in [0.2, 0.25) is 0 Å². The molecule has 144 valence electrons. The second kappa shape index (κ2) is 6.22. The fraction of sp³-hybridized carbons (Fsp3) is 0.381. The van der Waals surface area contributed by atoms with Gasteiger partial charge < -0.3 is 19.7 Å². The van der Waals surface area contributed by atoms with Gasteiger partial charge >= 0.3 is 0 Å². The molecule has 1 aromatic carbocycles. The number of rotatable bonds is 4. The number of fused-ring (bicyclic) bond motifs is 2. The van der Waals surface area contributed by atoms with Crippen LogP contribution in [0, 0.1) is 12.8 Å². The number of amides is 2. The topological polar surface area (TPSA) is 80.8 Å². The van der Waals surface area contributed by atoms with Crippen LogP contribution in [0.3, 0.4) is 0 Å². The number of hydrogen-bond acceptors (Lipinski definition) is 5. The molecule has 5 rings (SSSR count). The molecule has 1 N–H and O–H groups in total.